The second-order valence-corrected chi connectivity index (χ2v) is 8.90. The van der Waals surface area contributed by atoms with Crippen molar-refractivity contribution in [2.45, 2.75) is 39.4 Å². The molecule has 3 heterocycles. The smallest absolute Gasteiger partial charge is 0.341 e. The van der Waals surface area contributed by atoms with Gasteiger partial charge in [0.15, 0.2) is 0 Å². The van der Waals surface area contributed by atoms with Crippen molar-refractivity contribution in [3.05, 3.63) is 16.0 Å². The lowest BCUT2D eigenvalue weighted by Crippen LogP contribution is -3.15. The Hall–Kier alpha value is -1.68. The number of amides is 2. The van der Waals surface area contributed by atoms with Gasteiger partial charge in [0.2, 0.25) is 0 Å². The molecule has 0 aliphatic carbocycles. The van der Waals surface area contributed by atoms with Crippen LogP contribution in [-0.4, -0.2) is 73.5 Å². The molecule has 3 N–H and O–H groups in total. The Morgan fingerprint density at radius 2 is 2.07 bits per heavy atom. The van der Waals surface area contributed by atoms with Crippen molar-refractivity contribution in [1.82, 2.24) is 4.90 Å². The van der Waals surface area contributed by atoms with Crippen LogP contribution in [0.3, 0.4) is 0 Å². The average molecular weight is 413 g/mol. The summed E-state index contributed by atoms with van der Waals surface area (Å²) < 4.78 is 11.1. The van der Waals surface area contributed by atoms with E-state index in [0.29, 0.717) is 43.2 Å². The monoisotopic (exact) mass is 412 g/mol. The minimum absolute atomic E-state index is 0.156. The number of fused-ring (bicyclic) bond motifs is 1. The molecule has 2 aliphatic heterocycles. The van der Waals surface area contributed by atoms with Gasteiger partial charge in [-0.1, -0.05) is 0 Å². The van der Waals surface area contributed by atoms with Crippen LogP contribution in [0.1, 0.15) is 41.6 Å². The van der Waals surface area contributed by atoms with E-state index in [1.54, 1.807) is 11.8 Å². The summed E-state index contributed by atoms with van der Waals surface area (Å²) >= 11 is 1.40. The number of rotatable bonds is 5. The summed E-state index contributed by atoms with van der Waals surface area (Å²) in [6.45, 7) is 10.2. The largest absolute Gasteiger partial charge is 0.462 e. The number of piperazine rings is 1. The van der Waals surface area contributed by atoms with Gasteiger partial charge in [0, 0.05) is 11.3 Å². The first-order valence-electron chi connectivity index (χ1n) is 9.80. The van der Waals surface area contributed by atoms with Gasteiger partial charge in [-0.25, -0.2) is 9.59 Å². The third-order valence-corrected chi connectivity index (χ3v) is 6.33. The number of hydrogen-bond acceptors (Lipinski definition) is 6. The summed E-state index contributed by atoms with van der Waals surface area (Å²) in [5.74, 6) is -0.398. The van der Waals surface area contributed by atoms with Crippen LogP contribution in [0.25, 0.3) is 0 Å². The highest BCUT2D eigenvalue weighted by Crippen LogP contribution is 2.40. The summed E-state index contributed by atoms with van der Waals surface area (Å²) in [5.41, 5.74) is 1.03. The third kappa shape index (κ3) is 4.65. The molecule has 1 aromatic rings. The first-order valence-corrected chi connectivity index (χ1v) is 10.6. The Morgan fingerprint density at radius 1 is 1.36 bits per heavy atom. The van der Waals surface area contributed by atoms with E-state index in [1.807, 2.05) is 13.8 Å². The standard InChI is InChI=1S/C19H29N3O5S/c1-4-26-17(24)15-13-11-19(2,3)27-12-14(13)28-16(15)20-18(25)22-7-5-21(6-8-22)9-10-23/h23H,4-12H2,1-3H3,(H,20,25)/p+1. The minimum Gasteiger partial charge on any atom is -0.462 e. The van der Waals surface area contributed by atoms with E-state index >= 15 is 0 Å². The normalized spacial score (nSPS) is 19.2. The van der Waals surface area contributed by atoms with Crippen LogP contribution in [0, 0.1) is 0 Å². The van der Waals surface area contributed by atoms with Crippen LogP contribution in [0.5, 0.6) is 0 Å². The number of hydrogen-bond donors (Lipinski definition) is 3. The maximum Gasteiger partial charge on any atom is 0.341 e. The maximum atomic E-state index is 12.8. The molecule has 0 atom stereocenters. The number of quaternary nitrogens is 1. The van der Waals surface area contributed by atoms with Crippen molar-refractivity contribution >= 4 is 28.3 Å². The van der Waals surface area contributed by atoms with Crippen LogP contribution in [0.15, 0.2) is 0 Å². The Labute approximate surface area is 169 Å². The van der Waals surface area contributed by atoms with Crippen LogP contribution < -0.4 is 10.2 Å². The highest BCUT2D eigenvalue weighted by Gasteiger charge is 2.35. The fourth-order valence-corrected chi connectivity index (χ4v) is 4.78. The number of carbonyl (C=O) groups excluding carboxylic acids is 2. The van der Waals surface area contributed by atoms with E-state index in [1.165, 1.54) is 16.2 Å². The first-order chi connectivity index (χ1) is 13.3. The van der Waals surface area contributed by atoms with Gasteiger partial charge in [0.05, 0.1) is 57.2 Å². The van der Waals surface area contributed by atoms with Crippen molar-refractivity contribution in [3.8, 4) is 0 Å². The number of ether oxygens (including phenoxy) is 2. The molecule has 8 nitrogen and oxygen atoms in total. The van der Waals surface area contributed by atoms with Crippen LogP contribution in [0.4, 0.5) is 9.80 Å². The van der Waals surface area contributed by atoms with E-state index in [9.17, 15) is 9.59 Å². The van der Waals surface area contributed by atoms with Gasteiger partial charge in [-0.3, -0.25) is 5.32 Å². The summed E-state index contributed by atoms with van der Waals surface area (Å²) in [4.78, 5) is 29.4. The number of urea groups is 1. The number of aliphatic hydroxyl groups is 1. The molecule has 0 spiro atoms. The van der Waals surface area contributed by atoms with E-state index in [2.05, 4.69) is 5.32 Å². The molecule has 3 rings (SSSR count). The van der Waals surface area contributed by atoms with Gasteiger partial charge < -0.3 is 24.4 Å². The number of esters is 1. The van der Waals surface area contributed by atoms with E-state index in [0.717, 1.165) is 23.5 Å². The van der Waals surface area contributed by atoms with E-state index < -0.39 is 5.97 Å². The molecule has 2 amide bonds. The topological polar surface area (TPSA) is 92.5 Å². The molecule has 0 radical (unpaired) electrons. The van der Waals surface area contributed by atoms with Crippen LogP contribution >= 0.6 is 11.3 Å². The minimum atomic E-state index is -0.398. The molecule has 1 aromatic heterocycles. The molecule has 2 aliphatic rings. The van der Waals surface area contributed by atoms with E-state index in [-0.39, 0.29) is 24.8 Å². The Bertz CT molecular complexity index is 725. The maximum absolute atomic E-state index is 12.8. The highest BCUT2D eigenvalue weighted by atomic mass is 32.1. The number of nitrogens with zero attached hydrogens (tertiary/aromatic N) is 1. The Kier molecular flexibility index (Phi) is 6.59. The zero-order valence-electron chi connectivity index (χ0n) is 16.8. The molecule has 0 aromatic carbocycles. The second kappa shape index (κ2) is 8.77. The molecule has 28 heavy (non-hydrogen) atoms. The van der Waals surface area contributed by atoms with Crippen molar-refractivity contribution in [1.29, 1.82) is 0 Å². The molecule has 0 saturated carbocycles. The molecule has 0 unspecified atom stereocenters. The Balaban J connectivity index is 1.77. The van der Waals surface area contributed by atoms with Gasteiger partial charge >= 0.3 is 12.0 Å². The van der Waals surface area contributed by atoms with Crippen LogP contribution in [-0.2, 0) is 22.5 Å². The van der Waals surface area contributed by atoms with Gasteiger partial charge in [-0.15, -0.1) is 11.3 Å². The average Bonchev–Trinajstić information content (AvgIpc) is 2.98. The van der Waals surface area contributed by atoms with E-state index in [4.69, 9.17) is 14.6 Å². The number of anilines is 1. The second-order valence-electron chi connectivity index (χ2n) is 7.79. The van der Waals surface area contributed by atoms with Gasteiger partial charge in [-0.2, -0.15) is 0 Å². The molecule has 1 saturated heterocycles. The van der Waals surface area contributed by atoms with Crippen molar-refractivity contribution < 1.29 is 29.1 Å². The SMILES string of the molecule is CCOC(=O)c1c(NC(=O)N2CC[NH+](CCO)CC2)sc2c1CC(C)(C)OC2. The van der Waals surface area contributed by atoms with Crippen molar-refractivity contribution in [2.75, 3.05) is 51.3 Å². The lowest BCUT2D eigenvalue weighted by molar-refractivity contribution is -0.904. The van der Waals surface area contributed by atoms with Gasteiger partial charge in [0.1, 0.15) is 11.5 Å². The highest BCUT2D eigenvalue weighted by molar-refractivity contribution is 7.17. The first kappa shape index (κ1) is 21.0. The molecular formula is C19H30N3O5S+. The zero-order chi connectivity index (χ0) is 20.3. The lowest BCUT2D eigenvalue weighted by Gasteiger charge is -2.31. The number of nitrogens with one attached hydrogen (secondary N) is 2. The fraction of sp³-hybridized carbons (Fsp3) is 0.684. The summed E-state index contributed by atoms with van der Waals surface area (Å²) in [7, 11) is 0. The number of thiophene rings is 1. The summed E-state index contributed by atoms with van der Waals surface area (Å²) in [6, 6.07) is -0.202. The third-order valence-electron chi connectivity index (χ3n) is 5.21. The molecular weight excluding hydrogens is 382 g/mol. The fourth-order valence-electron chi connectivity index (χ4n) is 3.67. The summed E-state index contributed by atoms with van der Waals surface area (Å²) in [6.07, 6.45) is 0.603. The predicted octanol–water partition coefficient (Wildman–Crippen LogP) is 0.501. The van der Waals surface area contributed by atoms with Crippen molar-refractivity contribution in [3.63, 3.8) is 0 Å². The number of aliphatic hydroxyl groups excluding tert-OH is 1. The molecule has 1 fully saturated rings. The molecule has 156 valence electrons. The lowest BCUT2D eigenvalue weighted by atomic mass is 9.93. The summed E-state index contributed by atoms with van der Waals surface area (Å²) in [5, 5.41) is 12.5. The Morgan fingerprint density at radius 3 is 2.71 bits per heavy atom. The zero-order valence-corrected chi connectivity index (χ0v) is 17.6. The quantitative estimate of drug-likeness (QED) is 0.613. The van der Waals surface area contributed by atoms with Crippen molar-refractivity contribution in [2.24, 2.45) is 0 Å². The van der Waals surface area contributed by atoms with Gasteiger partial charge in [0.25, 0.3) is 0 Å². The molecule has 9 heteroatoms. The van der Waals surface area contributed by atoms with Crippen LogP contribution in [0.2, 0.25) is 0 Å². The molecule has 0 bridgehead atoms. The number of carbonyl (C=O) groups is 2. The predicted molar refractivity (Wildman–Crippen MR) is 106 cm³/mol. The van der Waals surface area contributed by atoms with Gasteiger partial charge in [-0.05, 0) is 26.3 Å².